The van der Waals surface area contributed by atoms with Crippen molar-refractivity contribution in [2.24, 2.45) is 0 Å². The fourth-order valence-corrected chi connectivity index (χ4v) is 3.14. The Morgan fingerprint density at radius 3 is 2.43 bits per heavy atom. The fraction of sp³-hybridized carbons (Fsp3) is 0.200. The van der Waals surface area contributed by atoms with Crippen molar-refractivity contribution in [2.75, 3.05) is 13.2 Å². The van der Waals surface area contributed by atoms with Crippen LogP contribution in [0.25, 0.3) is 0 Å². The minimum atomic E-state index is -0.915. The molecule has 0 radical (unpaired) electrons. The van der Waals surface area contributed by atoms with Crippen LogP contribution < -0.4 is 9.47 Å². The second-order valence-electron chi connectivity index (χ2n) is 4.56. The van der Waals surface area contributed by atoms with Crippen molar-refractivity contribution in [3.8, 4) is 11.5 Å². The lowest BCUT2D eigenvalue weighted by molar-refractivity contribution is 0.169. The van der Waals surface area contributed by atoms with Crippen LogP contribution in [0.3, 0.4) is 0 Å². The molecule has 0 bridgehead atoms. The predicted molar refractivity (Wildman–Crippen MR) is 85.7 cm³/mol. The maximum atomic E-state index is 10.6. The molecule has 1 atom stereocenters. The molecule has 0 aromatic heterocycles. The van der Waals surface area contributed by atoms with Crippen LogP contribution in [0, 0.1) is 0 Å². The van der Waals surface area contributed by atoms with Gasteiger partial charge in [-0.2, -0.15) is 0 Å². The van der Waals surface area contributed by atoms with Crippen LogP contribution in [-0.2, 0) is 0 Å². The monoisotopic (exact) mass is 388 g/mol. The zero-order chi connectivity index (χ0) is 15.0. The van der Waals surface area contributed by atoms with E-state index in [2.05, 4.69) is 15.9 Å². The summed E-state index contributed by atoms with van der Waals surface area (Å²) >= 11 is 15.6. The highest BCUT2D eigenvalue weighted by molar-refractivity contribution is 9.10. The molecular weight excluding hydrogens is 379 g/mol. The summed E-state index contributed by atoms with van der Waals surface area (Å²) < 4.78 is 11.8. The van der Waals surface area contributed by atoms with E-state index in [9.17, 15) is 5.11 Å². The van der Waals surface area contributed by atoms with E-state index >= 15 is 0 Å². The number of ether oxygens (including phenoxy) is 2. The molecule has 1 N–H and O–H groups in total. The minimum absolute atomic E-state index is 0.341. The zero-order valence-electron chi connectivity index (χ0n) is 10.8. The molecule has 1 heterocycles. The highest BCUT2D eigenvalue weighted by Crippen LogP contribution is 2.41. The number of hydrogen-bond acceptors (Lipinski definition) is 3. The molecule has 0 spiro atoms. The molecule has 1 aliphatic heterocycles. The second kappa shape index (κ2) is 6.05. The standard InChI is InChI=1S/C15H11BrCl2O3/c16-10-7-13-12(20-4-5-21-13)6-9(10)15(19)8-2-1-3-11(17)14(8)18/h1-3,6-7,15,19H,4-5H2. The van der Waals surface area contributed by atoms with Gasteiger partial charge in [0.2, 0.25) is 0 Å². The van der Waals surface area contributed by atoms with Crippen LogP contribution >= 0.6 is 39.1 Å². The van der Waals surface area contributed by atoms with Gasteiger partial charge in [0.05, 0.1) is 10.0 Å². The second-order valence-corrected chi connectivity index (χ2v) is 6.20. The average molecular weight is 390 g/mol. The summed E-state index contributed by atoms with van der Waals surface area (Å²) in [5, 5.41) is 11.4. The lowest BCUT2D eigenvalue weighted by Gasteiger charge is -2.22. The van der Waals surface area contributed by atoms with Gasteiger partial charge in [0.15, 0.2) is 11.5 Å². The molecule has 0 saturated carbocycles. The summed E-state index contributed by atoms with van der Waals surface area (Å²) in [6.45, 7) is 1.00. The molecule has 2 aromatic carbocycles. The van der Waals surface area contributed by atoms with Crippen LogP contribution in [0.15, 0.2) is 34.8 Å². The molecule has 1 unspecified atom stereocenters. The Hall–Kier alpha value is -0.940. The Morgan fingerprint density at radius 2 is 1.71 bits per heavy atom. The van der Waals surface area contributed by atoms with E-state index in [0.29, 0.717) is 45.9 Å². The quantitative estimate of drug-likeness (QED) is 0.815. The number of aliphatic hydroxyl groups excluding tert-OH is 1. The van der Waals surface area contributed by atoms with E-state index in [4.69, 9.17) is 32.7 Å². The number of hydrogen-bond donors (Lipinski definition) is 1. The average Bonchev–Trinajstić information content (AvgIpc) is 2.48. The maximum Gasteiger partial charge on any atom is 0.162 e. The van der Waals surface area contributed by atoms with Crippen molar-refractivity contribution < 1.29 is 14.6 Å². The van der Waals surface area contributed by atoms with Crippen LogP contribution in [0.5, 0.6) is 11.5 Å². The summed E-state index contributed by atoms with van der Waals surface area (Å²) in [6.07, 6.45) is -0.915. The molecule has 3 rings (SSSR count). The van der Waals surface area contributed by atoms with Gasteiger partial charge >= 0.3 is 0 Å². The summed E-state index contributed by atoms with van der Waals surface area (Å²) in [4.78, 5) is 0. The Labute approximate surface area is 140 Å². The first-order chi connectivity index (χ1) is 10.1. The van der Waals surface area contributed by atoms with Gasteiger partial charge in [-0.25, -0.2) is 0 Å². The summed E-state index contributed by atoms with van der Waals surface area (Å²) in [6, 6.07) is 8.70. The Balaban J connectivity index is 2.05. The van der Waals surface area contributed by atoms with Crippen molar-refractivity contribution in [1.29, 1.82) is 0 Å². The van der Waals surface area contributed by atoms with Crippen molar-refractivity contribution in [3.63, 3.8) is 0 Å². The molecule has 6 heteroatoms. The molecule has 3 nitrogen and oxygen atoms in total. The van der Waals surface area contributed by atoms with Crippen molar-refractivity contribution >= 4 is 39.1 Å². The topological polar surface area (TPSA) is 38.7 Å². The Kier molecular flexibility index (Phi) is 4.31. The van der Waals surface area contributed by atoms with Gasteiger partial charge in [0.25, 0.3) is 0 Å². The van der Waals surface area contributed by atoms with E-state index in [0.717, 1.165) is 4.47 Å². The summed E-state index contributed by atoms with van der Waals surface area (Å²) in [5.41, 5.74) is 1.19. The van der Waals surface area contributed by atoms with Gasteiger partial charge in [-0.3, -0.25) is 0 Å². The molecule has 1 aliphatic rings. The number of rotatable bonds is 2. The molecule has 21 heavy (non-hydrogen) atoms. The maximum absolute atomic E-state index is 10.6. The number of benzene rings is 2. The van der Waals surface area contributed by atoms with Crippen molar-refractivity contribution in [3.05, 3.63) is 56.0 Å². The highest BCUT2D eigenvalue weighted by Gasteiger charge is 2.22. The molecule has 110 valence electrons. The first-order valence-corrected chi connectivity index (χ1v) is 7.84. The molecule has 0 fully saturated rings. The molecule has 0 saturated heterocycles. The normalized spacial score (nSPS) is 14.9. The molecule has 0 aliphatic carbocycles. The van der Waals surface area contributed by atoms with Gasteiger partial charge < -0.3 is 14.6 Å². The highest BCUT2D eigenvalue weighted by atomic mass is 79.9. The van der Waals surface area contributed by atoms with E-state index in [1.165, 1.54) is 0 Å². The third kappa shape index (κ3) is 2.86. The number of aliphatic hydroxyl groups is 1. The smallest absolute Gasteiger partial charge is 0.162 e. The Morgan fingerprint density at radius 1 is 1.05 bits per heavy atom. The SMILES string of the molecule is OC(c1cc2c(cc1Br)OCCO2)c1cccc(Cl)c1Cl. The van der Waals surface area contributed by atoms with Crippen LogP contribution in [-0.4, -0.2) is 18.3 Å². The van der Waals surface area contributed by atoms with Crippen LogP contribution in [0.1, 0.15) is 17.2 Å². The molecule has 2 aromatic rings. The summed E-state index contributed by atoms with van der Waals surface area (Å²) in [5.74, 6) is 1.26. The van der Waals surface area contributed by atoms with Gasteiger partial charge in [-0.1, -0.05) is 51.3 Å². The Bertz CT molecular complexity index is 691. The zero-order valence-corrected chi connectivity index (χ0v) is 13.9. The van der Waals surface area contributed by atoms with Crippen LogP contribution in [0.4, 0.5) is 0 Å². The van der Waals surface area contributed by atoms with Crippen molar-refractivity contribution in [2.45, 2.75) is 6.10 Å². The third-order valence-corrected chi connectivity index (χ3v) is 4.75. The fourth-order valence-electron chi connectivity index (χ4n) is 2.19. The van der Waals surface area contributed by atoms with E-state index in [1.807, 2.05) is 0 Å². The first kappa shape index (κ1) is 15.0. The lowest BCUT2D eigenvalue weighted by atomic mass is 10.0. The van der Waals surface area contributed by atoms with Gasteiger partial charge in [-0.15, -0.1) is 0 Å². The number of fused-ring (bicyclic) bond motifs is 1. The minimum Gasteiger partial charge on any atom is -0.486 e. The summed E-state index contributed by atoms with van der Waals surface area (Å²) in [7, 11) is 0. The van der Waals surface area contributed by atoms with Gasteiger partial charge in [0, 0.05) is 15.6 Å². The van der Waals surface area contributed by atoms with E-state index < -0.39 is 6.10 Å². The third-order valence-electron chi connectivity index (χ3n) is 3.23. The predicted octanol–water partition coefficient (Wildman–Crippen LogP) is 4.61. The van der Waals surface area contributed by atoms with E-state index in [1.54, 1.807) is 30.3 Å². The largest absolute Gasteiger partial charge is 0.486 e. The molecular formula is C15H11BrCl2O3. The lowest BCUT2D eigenvalue weighted by Crippen LogP contribution is -2.16. The van der Waals surface area contributed by atoms with E-state index in [-0.39, 0.29) is 0 Å². The van der Waals surface area contributed by atoms with Crippen molar-refractivity contribution in [1.82, 2.24) is 0 Å². The number of halogens is 3. The van der Waals surface area contributed by atoms with Crippen LogP contribution in [0.2, 0.25) is 10.0 Å². The van der Waals surface area contributed by atoms with Gasteiger partial charge in [-0.05, 0) is 18.2 Å². The van der Waals surface area contributed by atoms with Gasteiger partial charge in [0.1, 0.15) is 19.3 Å². The first-order valence-electron chi connectivity index (χ1n) is 6.29. The molecule has 0 amide bonds.